The van der Waals surface area contributed by atoms with Crippen LogP contribution in [0, 0.1) is 0 Å². The molecule has 7 heteroatoms. The normalized spacial score (nSPS) is 16.5. The molecule has 0 N–H and O–H groups in total. The summed E-state index contributed by atoms with van der Waals surface area (Å²) >= 11 is 0. The maximum absolute atomic E-state index is 5.57. The van der Waals surface area contributed by atoms with Crippen molar-refractivity contribution in [3.05, 3.63) is 71.8 Å². The lowest BCUT2D eigenvalue weighted by atomic mass is 9.97. The van der Waals surface area contributed by atoms with Crippen LogP contribution < -0.4 is 28.7 Å². The van der Waals surface area contributed by atoms with Gasteiger partial charge in [0.15, 0.2) is 23.0 Å². The summed E-state index contributed by atoms with van der Waals surface area (Å²) in [6.45, 7) is 0.271. The van der Waals surface area contributed by atoms with E-state index >= 15 is 0 Å². The topological polar surface area (TPSA) is 61.8 Å². The van der Waals surface area contributed by atoms with Crippen LogP contribution in [0.15, 0.2) is 65.8 Å². The average molecular weight is 447 g/mol. The maximum Gasteiger partial charge on any atom is 0.231 e. The predicted molar refractivity (Wildman–Crippen MR) is 126 cm³/mol. The molecule has 2 aliphatic heterocycles. The standard InChI is InChI=1S/C26H26N2O5/c1-29-24-13-18(14-25(30-2)26(24)31-3)21-15-20(28(27-21)19-7-5-4-6-8-19)11-17-9-10-22-23(12-17)33-16-32-22/h4-10,12-14,20H,11,15-16H2,1-3H3. The molecule has 0 radical (unpaired) electrons. The van der Waals surface area contributed by atoms with E-state index in [-0.39, 0.29) is 12.8 Å². The number of nitrogens with zero attached hydrogens (tertiary/aromatic N) is 2. The van der Waals surface area contributed by atoms with Gasteiger partial charge in [-0.15, -0.1) is 0 Å². The molecule has 0 bridgehead atoms. The summed E-state index contributed by atoms with van der Waals surface area (Å²) in [6, 6.07) is 20.4. The van der Waals surface area contributed by atoms with Crippen LogP contribution in [0.1, 0.15) is 17.5 Å². The minimum Gasteiger partial charge on any atom is -0.493 e. The number of ether oxygens (including phenoxy) is 5. The molecule has 2 heterocycles. The summed E-state index contributed by atoms with van der Waals surface area (Å²) in [5, 5.41) is 7.13. The summed E-state index contributed by atoms with van der Waals surface area (Å²) in [6.07, 6.45) is 1.57. The SMILES string of the molecule is COc1cc(C2=NN(c3ccccc3)C(Cc3ccc4c(c3)OCO4)C2)cc(OC)c1OC. The monoisotopic (exact) mass is 446 g/mol. The summed E-state index contributed by atoms with van der Waals surface area (Å²) in [7, 11) is 4.85. The van der Waals surface area contributed by atoms with Gasteiger partial charge in [-0.1, -0.05) is 24.3 Å². The van der Waals surface area contributed by atoms with E-state index in [9.17, 15) is 0 Å². The first-order valence-corrected chi connectivity index (χ1v) is 10.8. The Bertz CT molecular complexity index is 1150. The fraction of sp³-hybridized carbons (Fsp3) is 0.269. The zero-order valence-electron chi connectivity index (χ0n) is 18.9. The molecule has 5 rings (SSSR count). The Morgan fingerprint density at radius 3 is 2.30 bits per heavy atom. The van der Waals surface area contributed by atoms with Crippen molar-refractivity contribution in [3.8, 4) is 28.7 Å². The van der Waals surface area contributed by atoms with Crippen molar-refractivity contribution in [2.45, 2.75) is 18.9 Å². The lowest BCUT2D eigenvalue weighted by molar-refractivity contribution is 0.174. The van der Waals surface area contributed by atoms with Gasteiger partial charge in [0.1, 0.15) is 0 Å². The van der Waals surface area contributed by atoms with Crippen LogP contribution >= 0.6 is 0 Å². The Morgan fingerprint density at radius 1 is 0.879 bits per heavy atom. The van der Waals surface area contributed by atoms with Crippen LogP contribution in [0.25, 0.3) is 0 Å². The Morgan fingerprint density at radius 2 is 1.61 bits per heavy atom. The van der Waals surface area contributed by atoms with Crippen LogP contribution in [0.3, 0.4) is 0 Å². The van der Waals surface area contributed by atoms with E-state index in [1.54, 1.807) is 21.3 Å². The molecule has 7 nitrogen and oxygen atoms in total. The van der Waals surface area contributed by atoms with Crippen LogP contribution in [-0.4, -0.2) is 39.9 Å². The molecule has 2 aliphatic rings. The Labute approximate surface area is 193 Å². The van der Waals surface area contributed by atoms with Crippen molar-refractivity contribution in [2.24, 2.45) is 5.10 Å². The lowest BCUT2D eigenvalue weighted by Gasteiger charge is -2.23. The van der Waals surface area contributed by atoms with E-state index in [4.69, 9.17) is 28.8 Å². The third-order valence-corrected chi connectivity index (χ3v) is 5.93. The molecule has 0 saturated heterocycles. The van der Waals surface area contributed by atoms with Gasteiger partial charge in [0.05, 0.1) is 38.8 Å². The van der Waals surface area contributed by atoms with E-state index in [0.29, 0.717) is 17.2 Å². The average Bonchev–Trinajstić information content (AvgIpc) is 3.50. The van der Waals surface area contributed by atoms with Gasteiger partial charge < -0.3 is 23.7 Å². The van der Waals surface area contributed by atoms with Gasteiger partial charge in [0.25, 0.3) is 0 Å². The van der Waals surface area contributed by atoms with E-state index in [1.807, 2.05) is 36.4 Å². The van der Waals surface area contributed by atoms with Crippen LogP contribution in [0.5, 0.6) is 28.7 Å². The highest BCUT2D eigenvalue weighted by Gasteiger charge is 2.30. The number of fused-ring (bicyclic) bond motifs is 1. The first-order valence-electron chi connectivity index (χ1n) is 10.8. The number of hydrogen-bond acceptors (Lipinski definition) is 7. The molecule has 3 aromatic carbocycles. The van der Waals surface area contributed by atoms with Gasteiger partial charge in [-0.25, -0.2) is 0 Å². The Balaban J connectivity index is 1.49. The molecule has 0 fully saturated rings. The van der Waals surface area contributed by atoms with Crippen molar-refractivity contribution in [1.82, 2.24) is 0 Å². The molecule has 0 aliphatic carbocycles. The highest BCUT2D eigenvalue weighted by molar-refractivity contribution is 6.04. The number of anilines is 1. The van der Waals surface area contributed by atoms with Crippen LogP contribution in [0.2, 0.25) is 0 Å². The molecule has 0 saturated carbocycles. The number of hydrazone groups is 1. The van der Waals surface area contributed by atoms with Crippen molar-refractivity contribution in [2.75, 3.05) is 33.1 Å². The lowest BCUT2D eigenvalue weighted by Crippen LogP contribution is -2.28. The van der Waals surface area contributed by atoms with Gasteiger partial charge in [0.2, 0.25) is 12.5 Å². The summed E-state index contributed by atoms with van der Waals surface area (Å²) in [5.41, 5.74) is 4.12. The number of para-hydroxylation sites is 1. The third-order valence-electron chi connectivity index (χ3n) is 5.93. The molecule has 3 aromatic rings. The van der Waals surface area contributed by atoms with E-state index in [0.717, 1.165) is 41.3 Å². The first kappa shape index (κ1) is 21.0. The molecule has 0 amide bonds. The number of methoxy groups -OCH3 is 3. The second-order valence-corrected chi connectivity index (χ2v) is 7.89. The molecule has 1 unspecified atom stereocenters. The number of hydrogen-bond donors (Lipinski definition) is 0. The van der Waals surface area contributed by atoms with Crippen molar-refractivity contribution in [3.63, 3.8) is 0 Å². The zero-order chi connectivity index (χ0) is 22.8. The predicted octanol–water partition coefficient (Wildman–Crippen LogP) is 4.67. The van der Waals surface area contributed by atoms with Gasteiger partial charge >= 0.3 is 0 Å². The molecule has 33 heavy (non-hydrogen) atoms. The first-order chi connectivity index (χ1) is 16.2. The fourth-order valence-corrected chi connectivity index (χ4v) is 4.33. The quantitative estimate of drug-likeness (QED) is 0.526. The maximum atomic E-state index is 5.57. The highest BCUT2D eigenvalue weighted by atomic mass is 16.7. The third kappa shape index (κ3) is 4.02. The fourth-order valence-electron chi connectivity index (χ4n) is 4.33. The van der Waals surface area contributed by atoms with Crippen LogP contribution in [0.4, 0.5) is 5.69 Å². The summed E-state index contributed by atoms with van der Waals surface area (Å²) < 4.78 is 27.6. The minimum absolute atomic E-state index is 0.141. The minimum atomic E-state index is 0.141. The molecular formula is C26H26N2O5. The second-order valence-electron chi connectivity index (χ2n) is 7.89. The largest absolute Gasteiger partial charge is 0.493 e. The van der Waals surface area contributed by atoms with Crippen molar-refractivity contribution < 1.29 is 23.7 Å². The van der Waals surface area contributed by atoms with Crippen LogP contribution in [-0.2, 0) is 6.42 Å². The van der Waals surface area contributed by atoms with E-state index in [1.165, 1.54) is 5.56 Å². The van der Waals surface area contributed by atoms with Gasteiger partial charge in [-0.05, 0) is 48.4 Å². The molecule has 0 aromatic heterocycles. The molecule has 170 valence electrons. The van der Waals surface area contributed by atoms with Gasteiger partial charge in [0, 0.05) is 12.0 Å². The molecular weight excluding hydrogens is 420 g/mol. The Kier molecular flexibility index (Phi) is 5.69. The molecule has 1 atom stereocenters. The summed E-state index contributed by atoms with van der Waals surface area (Å²) in [5.74, 6) is 3.38. The molecule has 0 spiro atoms. The van der Waals surface area contributed by atoms with E-state index in [2.05, 4.69) is 29.3 Å². The Hall–Kier alpha value is -3.87. The van der Waals surface area contributed by atoms with Gasteiger partial charge in [-0.2, -0.15) is 5.10 Å². The zero-order valence-corrected chi connectivity index (χ0v) is 18.9. The second kappa shape index (κ2) is 8.94. The van der Waals surface area contributed by atoms with Gasteiger partial charge in [-0.3, -0.25) is 5.01 Å². The summed E-state index contributed by atoms with van der Waals surface area (Å²) in [4.78, 5) is 0. The van der Waals surface area contributed by atoms with Crippen molar-refractivity contribution in [1.29, 1.82) is 0 Å². The number of rotatable bonds is 7. The number of benzene rings is 3. The highest BCUT2D eigenvalue weighted by Crippen LogP contribution is 2.40. The smallest absolute Gasteiger partial charge is 0.231 e. The van der Waals surface area contributed by atoms with E-state index < -0.39 is 0 Å². The van der Waals surface area contributed by atoms with Crippen molar-refractivity contribution >= 4 is 11.4 Å².